The molecule has 0 aliphatic carbocycles. The fourth-order valence-electron chi connectivity index (χ4n) is 6.18. The summed E-state index contributed by atoms with van der Waals surface area (Å²) in [5, 5.41) is 0. The minimum absolute atomic E-state index is 0.220. The molecule has 0 saturated heterocycles. The molecule has 0 spiro atoms. The third-order valence-corrected chi connectivity index (χ3v) is 10.3. The molecule has 7 rings (SSSR count). The van der Waals surface area contributed by atoms with Gasteiger partial charge in [-0.05, 0) is 117 Å². The molecule has 45 heavy (non-hydrogen) atoms. The first-order valence-electron chi connectivity index (χ1n) is 20.2. The standard InChI is InChI=1S/C42H43NO2/c1-39(2)35-26-28(19-21-37(35)44-41(39,5)6)30-23-31(29-20-22-38-36(27-29)40(3,4)42(7,8)45-38)25-34(24-30)43(32-15-11-9-12-16-32)33-17-13-10-14-18-33/h9-27H,1-8H3/i9D,10D,11D,12D,13D,14D,15D,16D,17D,18D. The quantitative estimate of drug-likeness (QED) is 0.199. The van der Waals surface area contributed by atoms with Crippen LogP contribution in [0, 0.1) is 0 Å². The van der Waals surface area contributed by atoms with E-state index in [-0.39, 0.29) is 27.9 Å². The number of fused-ring (bicyclic) bond motifs is 2. The van der Waals surface area contributed by atoms with Crippen LogP contribution in [0.1, 0.15) is 80.2 Å². The lowest BCUT2D eigenvalue weighted by molar-refractivity contribution is 0.0711. The molecule has 0 aromatic heterocycles. The first-order valence-corrected chi connectivity index (χ1v) is 15.2. The highest BCUT2D eigenvalue weighted by atomic mass is 16.5. The SMILES string of the molecule is [2H]c1c([2H])c([2H])c(N(c2cc(-c3ccc4c(c3)C(C)(C)C(C)(C)O4)cc(-c3ccc4c(c3)C(C)(C)C(C)(C)O4)c2)c2c([2H])c([2H])c([2H])c([2H])c2[2H])c([2H])c1[2H]. The van der Waals surface area contributed by atoms with Crippen molar-refractivity contribution in [1.82, 2.24) is 0 Å². The average Bonchev–Trinajstić information content (AvgIpc) is 3.44. The molecular weight excluding hydrogens is 550 g/mol. The summed E-state index contributed by atoms with van der Waals surface area (Å²) in [7, 11) is 0. The van der Waals surface area contributed by atoms with Crippen molar-refractivity contribution in [3.05, 3.63) is 126 Å². The van der Waals surface area contributed by atoms with Crippen LogP contribution in [0.4, 0.5) is 17.1 Å². The van der Waals surface area contributed by atoms with Crippen molar-refractivity contribution in [2.24, 2.45) is 0 Å². The molecule has 3 heteroatoms. The number of rotatable bonds is 5. The number of ether oxygens (including phenoxy) is 2. The van der Waals surface area contributed by atoms with Crippen LogP contribution in [-0.4, -0.2) is 11.2 Å². The monoisotopic (exact) mass is 603 g/mol. The Kier molecular flexibility index (Phi) is 4.40. The van der Waals surface area contributed by atoms with E-state index in [1.807, 2.05) is 58.0 Å². The third kappa shape index (κ3) is 4.63. The predicted molar refractivity (Wildman–Crippen MR) is 187 cm³/mol. The number of hydrogen-bond donors (Lipinski definition) is 0. The van der Waals surface area contributed by atoms with Gasteiger partial charge in [0.05, 0.1) is 13.7 Å². The number of hydrogen-bond acceptors (Lipinski definition) is 3. The molecule has 0 radical (unpaired) electrons. The maximum Gasteiger partial charge on any atom is 0.124 e. The molecule has 2 aliphatic heterocycles. The van der Waals surface area contributed by atoms with E-state index in [1.165, 1.54) is 4.90 Å². The Hall–Kier alpha value is -4.50. The van der Waals surface area contributed by atoms with E-state index in [2.05, 4.69) is 39.8 Å². The fourth-order valence-corrected chi connectivity index (χ4v) is 6.18. The van der Waals surface area contributed by atoms with Crippen LogP contribution in [0.25, 0.3) is 22.3 Å². The zero-order chi connectivity index (χ0) is 40.5. The minimum Gasteiger partial charge on any atom is -0.487 e. The van der Waals surface area contributed by atoms with Gasteiger partial charge >= 0.3 is 0 Å². The Morgan fingerprint density at radius 2 is 0.867 bits per heavy atom. The highest BCUT2D eigenvalue weighted by molar-refractivity contribution is 5.85. The van der Waals surface area contributed by atoms with Gasteiger partial charge < -0.3 is 14.4 Å². The molecule has 0 bridgehead atoms. The van der Waals surface area contributed by atoms with Gasteiger partial charge in [-0.2, -0.15) is 0 Å². The molecule has 2 heterocycles. The smallest absolute Gasteiger partial charge is 0.124 e. The maximum atomic E-state index is 9.02. The van der Waals surface area contributed by atoms with Crippen LogP contribution in [0.3, 0.4) is 0 Å². The van der Waals surface area contributed by atoms with E-state index in [9.17, 15) is 0 Å². The summed E-state index contributed by atoms with van der Waals surface area (Å²) in [4.78, 5) is 1.21. The van der Waals surface area contributed by atoms with Crippen molar-refractivity contribution < 1.29 is 23.2 Å². The Balaban J connectivity index is 1.59. The van der Waals surface area contributed by atoms with Gasteiger partial charge in [-0.1, -0.05) is 76.1 Å². The zero-order valence-corrected chi connectivity index (χ0v) is 27.0. The normalized spacial score (nSPS) is 21.1. The number of nitrogens with zero attached hydrogens (tertiary/aromatic N) is 1. The van der Waals surface area contributed by atoms with Crippen LogP contribution in [0.15, 0.2) is 115 Å². The topological polar surface area (TPSA) is 21.7 Å². The van der Waals surface area contributed by atoms with Crippen LogP contribution in [0.2, 0.25) is 0 Å². The molecule has 0 unspecified atom stereocenters. The first kappa shape index (κ1) is 19.8. The molecule has 228 valence electrons. The molecule has 2 aliphatic rings. The molecular formula is C42H43NO2. The summed E-state index contributed by atoms with van der Waals surface area (Å²) in [6, 6.07) is 11.2. The maximum absolute atomic E-state index is 9.02. The number of benzene rings is 5. The van der Waals surface area contributed by atoms with Crippen LogP contribution >= 0.6 is 0 Å². The second-order valence-electron chi connectivity index (χ2n) is 13.9. The van der Waals surface area contributed by atoms with Crippen molar-refractivity contribution >= 4 is 17.1 Å². The van der Waals surface area contributed by atoms with Gasteiger partial charge in [0.2, 0.25) is 0 Å². The predicted octanol–water partition coefficient (Wildman–Crippen LogP) is 11.4. The van der Waals surface area contributed by atoms with Gasteiger partial charge in [0.25, 0.3) is 0 Å². The van der Waals surface area contributed by atoms with Gasteiger partial charge in [-0.15, -0.1) is 0 Å². The van der Waals surface area contributed by atoms with Gasteiger partial charge in [0, 0.05) is 39.0 Å². The molecule has 0 fully saturated rings. The lowest BCUT2D eigenvalue weighted by Gasteiger charge is -2.33. The first-order chi connectivity index (χ1) is 25.4. The summed E-state index contributed by atoms with van der Waals surface area (Å²) >= 11 is 0. The summed E-state index contributed by atoms with van der Waals surface area (Å²) in [6.45, 7) is 16.7. The van der Waals surface area contributed by atoms with Crippen molar-refractivity contribution in [1.29, 1.82) is 0 Å². The highest BCUT2D eigenvalue weighted by Crippen LogP contribution is 2.52. The summed E-state index contributed by atoms with van der Waals surface area (Å²) in [5.74, 6) is 1.52. The number of para-hydroxylation sites is 2. The van der Waals surface area contributed by atoms with E-state index in [1.54, 1.807) is 12.1 Å². The Morgan fingerprint density at radius 1 is 0.467 bits per heavy atom. The molecule has 0 amide bonds. The fraction of sp³-hybridized carbons (Fsp3) is 0.286. The minimum atomic E-state index is -0.628. The largest absolute Gasteiger partial charge is 0.487 e. The number of anilines is 3. The third-order valence-electron chi connectivity index (χ3n) is 10.3. The second-order valence-corrected chi connectivity index (χ2v) is 13.9. The van der Waals surface area contributed by atoms with Gasteiger partial charge in [0.1, 0.15) is 22.7 Å². The van der Waals surface area contributed by atoms with Crippen LogP contribution in [-0.2, 0) is 10.8 Å². The lowest BCUT2D eigenvalue weighted by atomic mass is 9.73. The van der Waals surface area contributed by atoms with Crippen LogP contribution < -0.4 is 14.4 Å². The molecule has 0 atom stereocenters. The molecule has 5 aromatic rings. The Morgan fingerprint density at radius 3 is 1.27 bits per heavy atom. The molecule has 0 N–H and O–H groups in total. The highest BCUT2D eigenvalue weighted by Gasteiger charge is 2.49. The van der Waals surface area contributed by atoms with Crippen molar-refractivity contribution in [3.8, 4) is 33.8 Å². The van der Waals surface area contributed by atoms with E-state index in [0.717, 1.165) is 33.8 Å². The van der Waals surface area contributed by atoms with Crippen molar-refractivity contribution in [3.63, 3.8) is 0 Å². The van der Waals surface area contributed by atoms with Crippen molar-refractivity contribution in [2.75, 3.05) is 4.90 Å². The Labute approximate surface area is 282 Å². The van der Waals surface area contributed by atoms with E-state index in [0.29, 0.717) is 11.1 Å². The second kappa shape index (κ2) is 10.0. The molecule has 5 aromatic carbocycles. The van der Waals surface area contributed by atoms with E-state index in [4.69, 9.17) is 23.2 Å². The van der Waals surface area contributed by atoms with Gasteiger partial charge in [-0.3, -0.25) is 0 Å². The molecule has 3 nitrogen and oxygen atoms in total. The zero-order valence-electron chi connectivity index (χ0n) is 37.0. The summed E-state index contributed by atoms with van der Waals surface area (Å²) < 4.78 is 99.7. The average molecular weight is 604 g/mol. The summed E-state index contributed by atoms with van der Waals surface area (Å²) in [5.41, 5.74) is 2.71. The van der Waals surface area contributed by atoms with E-state index >= 15 is 0 Å². The summed E-state index contributed by atoms with van der Waals surface area (Å²) in [6.07, 6.45) is 0. The van der Waals surface area contributed by atoms with Gasteiger partial charge in [0.15, 0.2) is 0 Å². The molecule has 0 saturated carbocycles. The van der Waals surface area contributed by atoms with E-state index < -0.39 is 71.6 Å². The Bertz CT molecular complexity index is 2250. The van der Waals surface area contributed by atoms with Gasteiger partial charge in [-0.25, -0.2) is 0 Å². The van der Waals surface area contributed by atoms with Crippen molar-refractivity contribution in [2.45, 2.75) is 77.4 Å². The van der Waals surface area contributed by atoms with Crippen LogP contribution in [0.5, 0.6) is 11.5 Å². The lowest BCUT2D eigenvalue weighted by Crippen LogP contribution is -2.41.